The van der Waals surface area contributed by atoms with Crippen molar-refractivity contribution in [3.8, 4) is 22.5 Å². The van der Waals surface area contributed by atoms with E-state index in [1.54, 1.807) is 6.20 Å². The topological polar surface area (TPSA) is 28.7 Å². The zero-order valence-corrected chi connectivity index (χ0v) is 9.85. The van der Waals surface area contributed by atoms with Gasteiger partial charge in [-0.1, -0.05) is 42.5 Å². The maximum Gasteiger partial charge on any atom is 0.137 e. The molecule has 2 heteroatoms. The highest BCUT2D eigenvalue weighted by Gasteiger charge is 2.21. The van der Waals surface area contributed by atoms with Gasteiger partial charge < -0.3 is 4.98 Å². The van der Waals surface area contributed by atoms with Crippen molar-refractivity contribution in [3.63, 3.8) is 0 Å². The van der Waals surface area contributed by atoms with Crippen molar-refractivity contribution in [1.29, 1.82) is 0 Å². The SMILES string of the molecule is c1ccc2c(c1)Cc1c(-c3ncc[nH]3)cccc1-2. The Morgan fingerprint density at radius 1 is 0.889 bits per heavy atom. The number of aromatic amines is 1. The predicted octanol–water partition coefficient (Wildman–Crippen LogP) is 3.65. The van der Waals surface area contributed by atoms with Crippen LogP contribution in [-0.2, 0) is 6.42 Å². The van der Waals surface area contributed by atoms with Gasteiger partial charge in [-0.2, -0.15) is 0 Å². The Labute approximate surface area is 105 Å². The average Bonchev–Trinajstić information content (AvgIpc) is 3.05. The van der Waals surface area contributed by atoms with Crippen molar-refractivity contribution in [2.45, 2.75) is 6.42 Å². The molecule has 0 spiro atoms. The summed E-state index contributed by atoms with van der Waals surface area (Å²) >= 11 is 0. The van der Waals surface area contributed by atoms with Gasteiger partial charge in [0.05, 0.1) is 0 Å². The molecule has 1 aliphatic rings. The Morgan fingerprint density at radius 3 is 2.61 bits per heavy atom. The van der Waals surface area contributed by atoms with Crippen LogP contribution in [0.2, 0.25) is 0 Å². The summed E-state index contributed by atoms with van der Waals surface area (Å²) in [5.74, 6) is 0.958. The molecule has 0 amide bonds. The average molecular weight is 232 g/mol. The molecule has 0 saturated heterocycles. The smallest absolute Gasteiger partial charge is 0.137 e. The number of imidazole rings is 1. The van der Waals surface area contributed by atoms with E-state index in [9.17, 15) is 0 Å². The predicted molar refractivity (Wildman–Crippen MR) is 72.3 cm³/mol. The molecule has 1 heterocycles. The largest absolute Gasteiger partial charge is 0.345 e. The van der Waals surface area contributed by atoms with Crippen molar-refractivity contribution < 1.29 is 0 Å². The molecule has 0 aliphatic heterocycles. The van der Waals surface area contributed by atoms with Gasteiger partial charge in [-0.05, 0) is 28.7 Å². The van der Waals surface area contributed by atoms with Crippen LogP contribution in [-0.4, -0.2) is 9.97 Å². The van der Waals surface area contributed by atoms with Crippen molar-refractivity contribution in [3.05, 3.63) is 66.0 Å². The third-order valence-corrected chi connectivity index (χ3v) is 3.60. The third kappa shape index (κ3) is 1.26. The first kappa shape index (κ1) is 9.66. The van der Waals surface area contributed by atoms with E-state index in [0.717, 1.165) is 12.2 Å². The maximum absolute atomic E-state index is 4.37. The van der Waals surface area contributed by atoms with Gasteiger partial charge in [0.2, 0.25) is 0 Å². The number of hydrogen-bond acceptors (Lipinski definition) is 1. The number of fused-ring (bicyclic) bond motifs is 3. The number of nitrogens with one attached hydrogen (secondary N) is 1. The minimum absolute atomic E-state index is 0.958. The van der Waals surface area contributed by atoms with Gasteiger partial charge in [-0.25, -0.2) is 4.98 Å². The van der Waals surface area contributed by atoms with Gasteiger partial charge in [0.1, 0.15) is 5.82 Å². The number of rotatable bonds is 1. The van der Waals surface area contributed by atoms with Crippen LogP contribution < -0.4 is 0 Å². The van der Waals surface area contributed by atoms with E-state index in [2.05, 4.69) is 52.4 Å². The zero-order valence-electron chi connectivity index (χ0n) is 9.85. The van der Waals surface area contributed by atoms with Crippen LogP contribution >= 0.6 is 0 Å². The minimum atomic E-state index is 0.958. The molecule has 1 N–H and O–H groups in total. The van der Waals surface area contributed by atoms with E-state index < -0.39 is 0 Å². The molecular weight excluding hydrogens is 220 g/mol. The van der Waals surface area contributed by atoms with Gasteiger partial charge in [0.15, 0.2) is 0 Å². The second kappa shape index (κ2) is 3.57. The molecule has 4 rings (SSSR count). The van der Waals surface area contributed by atoms with Gasteiger partial charge in [0.25, 0.3) is 0 Å². The van der Waals surface area contributed by atoms with E-state index >= 15 is 0 Å². The molecule has 0 unspecified atom stereocenters. The molecule has 0 saturated carbocycles. The minimum Gasteiger partial charge on any atom is -0.345 e. The summed E-state index contributed by atoms with van der Waals surface area (Å²) in [5.41, 5.74) is 6.72. The fourth-order valence-corrected chi connectivity index (χ4v) is 2.79. The van der Waals surface area contributed by atoms with E-state index in [1.165, 1.54) is 27.8 Å². The molecule has 0 radical (unpaired) electrons. The number of benzene rings is 2. The normalized spacial score (nSPS) is 12.2. The van der Waals surface area contributed by atoms with Gasteiger partial charge in [-0.3, -0.25) is 0 Å². The van der Waals surface area contributed by atoms with Crippen molar-refractivity contribution in [1.82, 2.24) is 9.97 Å². The van der Waals surface area contributed by atoms with Crippen LogP contribution in [0.15, 0.2) is 54.9 Å². The summed E-state index contributed by atoms with van der Waals surface area (Å²) in [6, 6.07) is 15.1. The molecule has 0 fully saturated rings. The van der Waals surface area contributed by atoms with E-state index in [0.29, 0.717) is 0 Å². The van der Waals surface area contributed by atoms with Crippen LogP contribution in [0.5, 0.6) is 0 Å². The second-order valence-corrected chi connectivity index (χ2v) is 4.60. The van der Waals surface area contributed by atoms with Crippen molar-refractivity contribution >= 4 is 0 Å². The quantitative estimate of drug-likeness (QED) is 0.533. The summed E-state index contributed by atoms with van der Waals surface area (Å²) < 4.78 is 0. The molecular formula is C16H12N2. The van der Waals surface area contributed by atoms with Gasteiger partial charge in [0, 0.05) is 18.0 Å². The van der Waals surface area contributed by atoms with E-state index in [1.807, 2.05) is 6.20 Å². The molecule has 1 aliphatic carbocycles. The Morgan fingerprint density at radius 2 is 1.72 bits per heavy atom. The summed E-state index contributed by atoms with van der Waals surface area (Å²) in [5, 5.41) is 0. The van der Waals surface area contributed by atoms with Crippen LogP contribution in [0.1, 0.15) is 11.1 Å². The van der Waals surface area contributed by atoms with Crippen LogP contribution in [0.25, 0.3) is 22.5 Å². The molecule has 3 aromatic rings. The van der Waals surface area contributed by atoms with Crippen molar-refractivity contribution in [2.24, 2.45) is 0 Å². The Balaban J connectivity index is 1.97. The lowest BCUT2D eigenvalue weighted by Gasteiger charge is -2.05. The van der Waals surface area contributed by atoms with Gasteiger partial charge in [-0.15, -0.1) is 0 Å². The number of hydrogen-bond donors (Lipinski definition) is 1. The first-order valence-corrected chi connectivity index (χ1v) is 6.13. The fraction of sp³-hybridized carbons (Fsp3) is 0.0625. The second-order valence-electron chi connectivity index (χ2n) is 4.60. The van der Waals surface area contributed by atoms with Crippen LogP contribution in [0, 0.1) is 0 Å². The van der Waals surface area contributed by atoms with Crippen LogP contribution in [0.4, 0.5) is 0 Å². The Kier molecular flexibility index (Phi) is 1.92. The number of H-pyrrole nitrogens is 1. The highest BCUT2D eigenvalue weighted by atomic mass is 14.9. The highest BCUT2D eigenvalue weighted by Crippen LogP contribution is 2.40. The van der Waals surface area contributed by atoms with Crippen LogP contribution in [0.3, 0.4) is 0 Å². The molecule has 18 heavy (non-hydrogen) atoms. The molecule has 1 aromatic heterocycles. The molecule has 0 bridgehead atoms. The number of aromatic nitrogens is 2. The molecule has 86 valence electrons. The first-order chi connectivity index (χ1) is 8.93. The lowest BCUT2D eigenvalue weighted by molar-refractivity contribution is 1.23. The standard InChI is InChI=1S/C16H12N2/c1-2-5-12-11(4-1)10-15-13(12)6-3-7-14(15)16-17-8-9-18-16/h1-9H,10H2,(H,17,18). The summed E-state index contributed by atoms with van der Waals surface area (Å²) in [6.45, 7) is 0. The highest BCUT2D eigenvalue weighted by molar-refractivity contribution is 5.83. The Bertz CT molecular complexity index is 712. The summed E-state index contributed by atoms with van der Waals surface area (Å²) in [7, 11) is 0. The molecule has 2 nitrogen and oxygen atoms in total. The van der Waals surface area contributed by atoms with Crippen molar-refractivity contribution in [2.75, 3.05) is 0 Å². The maximum atomic E-state index is 4.37. The first-order valence-electron chi connectivity index (χ1n) is 6.13. The monoisotopic (exact) mass is 232 g/mol. The zero-order chi connectivity index (χ0) is 11.9. The number of nitrogens with zero attached hydrogens (tertiary/aromatic N) is 1. The summed E-state index contributed by atoms with van der Waals surface area (Å²) in [6.07, 6.45) is 4.68. The Hall–Kier alpha value is -2.35. The van der Waals surface area contributed by atoms with E-state index in [-0.39, 0.29) is 0 Å². The van der Waals surface area contributed by atoms with E-state index in [4.69, 9.17) is 0 Å². The third-order valence-electron chi connectivity index (χ3n) is 3.60. The fourth-order valence-electron chi connectivity index (χ4n) is 2.79. The lowest BCUT2D eigenvalue weighted by atomic mass is 10.0. The molecule has 0 atom stereocenters. The molecule has 2 aromatic carbocycles. The summed E-state index contributed by atoms with van der Waals surface area (Å²) in [4.78, 5) is 7.57. The van der Waals surface area contributed by atoms with Gasteiger partial charge >= 0.3 is 0 Å². The lowest BCUT2D eigenvalue weighted by Crippen LogP contribution is -1.89.